The average molecular weight is 295 g/mol. The lowest BCUT2D eigenvalue weighted by molar-refractivity contribution is 0.373. The van der Waals surface area contributed by atoms with Crippen LogP contribution in [0.25, 0.3) is 0 Å². The van der Waals surface area contributed by atoms with Gasteiger partial charge in [-0.2, -0.15) is 5.10 Å². The molecule has 0 aliphatic rings. The highest BCUT2D eigenvalue weighted by molar-refractivity contribution is 7.80. The van der Waals surface area contributed by atoms with Gasteiger partial charge in [0.15, 0.2) is 16.6 Å². The van der Waals surface area contributed by atoms with Crippen LogP contribution in [-0.4, -0.2) is 30.1 Å². The number of hydrogen-bond donors (Lipinski definition) is 3. The zero-order valence-electron chi connectivity index (χ0n) is 11.8. The largest absolute Gasteiger partial charge is 0.504 e. The van der Waals surface area contributed by atoms with E-state index in [-0.39, 0.29) is 5.75 Å². The van der Waals surface area contributed by atoms with E-state index in [0.29, 0.717) is 16.4 Å². The summed E-state index contributed by atoms with van der Waals surface area (Å²) in [5.74, 6) is 0.469. The lowest BCUT2D eigenvalue weighted by Crippen LogP contribution is -2.32. The quantitative estimate of drug-likeness (QED) is 0.312. The number of phenolic OH excluding ortho intramolecular Hbond substituents is 1. The molecule has 0 unspecified atom stereocenters. The lowest BCUT2D eigenvalue weighted by atomic mass is 10.2. The molecular weight excluding hydrogens is 274 g/mol. The maximum absolute atomic E-state index is 9.86. The minimum Gasteiger partial charge on any atom is -0.504 e. The SMILES string of the molecule is CCCCCNC(=S)N/N=C/c1cccc(OC)c1O. The third-order valence-corrected chi connectivity index (χ3v) is 2.92. The second kappa shape index (κ2) is 9.14. The summed E-state index contributed by atoms with van der Waals surface area (Å²) in [6.07, 6.45) is 4.93. The number of aromatic hydroxyl groups is 1. The fourth-order valence-electron chi connectivity index (χ4n) is 1.59. The minimum absolute atomic E-state index is 0.0578. The maximum atomic E-state index is 9.86. The first-order chi connectivity index (χ1) is 9.69. The first-order valence-electron chi connectivity index (χ1n) is 6.62. The Morgan fingerprint density at radius 2 is 2.25 bits per heavy atom. The average Bonchev–Trinajstić information content (AvgIpc) is 2.45. The van der Waals surface area contributed by atoms with Gasteiger partial charge in [-0.15, -0.1) is 0 Å². The number of hydrogen-bond acceptors (Lipinski definition) is 4. The van der Waals surface area contributed by atoms with Crippen molar-refractivity contribution in [3.05, 3.63) is 23.8 Å². The van der Waals surface area contributed by atoms with Crippen LogP contribution in [0.4, 0.5) is 0 Å². The number of nitrogens with one attached hydrogen (secondary N) is 2. The molecule has 0 radical (unpaired) electrons. The van der Waals surface area contributed by atoms with Crippen LogP contribution >= 0.6 is 12.2 Å². The molecule has 6 heteroatoms. The molecule has 110 valence electrons. The van der Waals surface area contributed by atoms with Gasteiger partial charge < -0.3 is 15.2 Å². The number of unbranched alkanes of at least 4 members (excludes halogenated alkanes) is 2. The molecule has 0 fully saturated rings. The highest BCUT2D eigenvalue weighted by Crippen LogP contribution is 2.27. The number of nitrogens with zero attached hydrogens (tertiary/aromatic N) is 1. The molecule has 5 nitrogen and oxygen atoms in total. The smallest absolute Gasteiger partial charge is 0.186 e. The fourth-order valence-corrected chi connectivity index (χ4v) is 1.74. The molecule has 1 aromatic rings. The van der Waals surface area contributed by atoms with E-state index in [2.05, 4.69) is 22.8 Å². The van der Waals surface area contributed by atoms with E-state index in [0.717, 1.165) is 13.0 Å². The molecule has 20 heavy (non-hydrogen) atoms. The molecule has 0 atom stereocenters. The molecule has 0 aliphatic carbocycles. The standard InChI is InChI=1S/C14H21N3O2S/c1-3-4-5-9-15-14(20)17-16-10-11-7-6-8-12(19-2)13(11)18/h6-8,10,18H,3-5,9H2,1-2H3,(H2,15,17,20)/b16-10+. The lowest BCUT2D eigenvalue weighted by Gasteiger charge is -2.07. The van der Waals surface area contributed by atoms with E-state index < -0.39 is 0 Å². The molecule has 0 saturated carbocycles. The van der Waals surface area contributed by atoms with Crippen LogP contribution in [0.1, 0.15) is 31.7 Å². The van der Waals surface area contributed by atoms with Crippen molar-refractivity contribution in [1.82, 2.24) is 10.7 Å². The van der Waals surface area contributed by atoms with Gasteiger partial charge in [0, 0.05) is 12.1 Å². The fraction of sp³-hybridized carbons (Fsp3) is 0.429. The molecule has 0 aliphatic heterocycles. The molecule has 0 spiro atoms. The summed E-state index contributed by atoms with van der Waals surface area (Å²) in [6, 6.07) is 5.20. The summed E-state index contributed by atoms with van der Waals surface area (Å²) >= 11 is 5.08. The molecule has 3 N–H and O–H groups in total. The molecular formula is C14H21N3O2S. The van der Waals surface area contributed by atoms with Crippen molar-refractivity contribution >= 4 is 23.5 Å². The Kier molecular flexibility index (Phi) is 7.42. The van der Waals surface area contributed by atoms with Gasteiger partial charge in [0.05, 0.1) is 13.3 Å². The van der Waals surface area contributed by atoms with Crippen LogP contribution in [0.5, 0.6) is 11.5 Å². The molecule has 0 heterocycles. The Bertz CT molecular complexity index is 464. The third kappa shape index (κ3) is 5.44. The van der Waals surface area contributed by atoms with Gasteiger partial charge in [-0.1, -0.05) is 25.8 Å². The van der Waals surface area contributed by atoms with Gasteiger partial charge in [-0.05, 0) is 30.8 Å². The van der Waals surface area contributed by atoms with Crippen LogP contribution in [0.2, 0.25) is 0 Å². The number of thiocarbonyl (C=S) groups is 1. The maximum Gasteiger partial charge on any atom is 0.186 e. The number of ether oxygens (including phenoxy) is 1. The zero-order chi connectivity index (χ0) is 14.8. The number of para-hydroxylation sites is 1. The van der Waals surface area contributed by atoms with Gasteiger partial charge in [0.2, 0.25) is 0 Å². The molecule has 0 bridgehead atoms. The number of methoxy groups -OCH3 is 1. The monoisotopic (exact) mass is 295 g/mol. The topological polar surface area (TPSA) is 65.9 Å². The molecule has 1 rings (SSSR count). The Hall–Kier alpha value is -1.82. The van der Waals surface area contributed by atoms with Crippen LogP contribution in [0, 0.1) is 0 Å². The second-order valence-corrected chi connectivity index (χ2v) is 4.64. The summed E-state index contributed by atoms with van der Waals surface area (Å²) in [7, 11) is 1.50. The molecule has 1 aromatic carbocycles. The summed E-state index contributed by atoms with van der Waals surface area (Å²) in [4.78, 5) is 0. The van der Waals surface area contributed by atoms with Gasteiger partial charge in [-0.25, -0.2) is 0 Å². The number of rotatable bonds is 7. The first kappa shape index (κ1) is 16.2. The Morgan fingerprint density at radius 1 is 1.45 bits per heavy atom. The second-order valence-electron chi connectivity index (χ2n) is 4.23. The van der Waals surface area contributed by atoms with Crippen molar-refractivity contribution in [1.29, 1.82) is 0 Å². The van der Waals surface area contributed by atoms with Gasteiger partial charge in [0.25, 0.3) is 0 Å². The van der Waals surface area contributed by atoms with E-state index in [9.17, 15) is 5.11 Å². The van der Waals surface area contributed by atoms with E-state index in [1.807, 2.05) is 0 Å². The Balaban J connectivity index is 2.43. The van der Waals surface area contributed by atoms with Crippen molar-refractivity contribution in [3.8, 4) is 11.5 Å². The van der Waals surface area contributed by atoms with Crippen molar-refractivity contribution in [2.45, 2.75) is 26.2 Å². The predicted molar refractivity (Wildman–Crippen MR) is 85.5 cm³/mol. The first-order valence-corrected chi connectivity index (χ1v) is 7.02. The molecule has 0 saturated heterocycles. The number of benzene rings is 1. The summed E-state index contributed by atoms with van der Waals surface area (Å²) in [5.41, 5.74) is 3.27. The van der Waals surface area contributed by atoms with Gasteiger partial charge in [0.1, 0.15) is 0 Å². The highest BCUT2D eigenvalue weighted by atomic mass is 32.1. The summed E-state index contributed by atoms with van der Waals surface area (Å²) in [5, 5.41) is 17.4. The Morgan fingerprint density at radius 3 is 2.95 bits per heavy atom. The summed E-state index contributed by atoms with van der Waals surface area (Å²) in [6.45, 7) is 2.99. The van der Waals surface area contributed by atoms with Crippen molar-refractivity contribution in [2.24, 2.45) is 5.10 Å². The van der Waals surface area contributed by atoms with E-state index >= 15 is 0 Å². The van der Waals surface area contributed by atoms with E-state index in [4.69, 9.17) is 17.0 Å². The van der Waals surface area contributed by atoms with E-state index in [1.54, 1.807) is 18.2 Å². The normalized spacial score (nSPS) is 10.5. The van der Waals surface area contributed by atoms with Crippen molar-refractivity contribution in [3.63, 3.8) is 0 Å². The number of phenols is 1. The van der Waals surface area contributed by atoms with Crippen molar-refractivity contribution in [2.75, 3.05) is 13.7 Å². The zero-order valence-corrected chi connectivity index (χ0v) is 12.7. The van der Waals surface area contributed by atoms with Gasteiger partial charge >= 0.3 is 0 Å². The Labute approximate surface area is 125 Å². The molecule has 0 aromatic heterocycles. The summed E-state index contributed by atoms with van der Waals surface area (Å²) < 4.78 is 5.02. The van der Waals surface area contributed by atoms with Crippen LogP contribution in [0.3, 0.4) is 0 Å². The van der Waals surface area contributed by atoms with Crippen molar-refractivity contribution < 1.29 is 9.84 Å². The highest BCUT2D eigenvalue weighted by Gasteiger charge is 2.04. The predicted octanol–water partition coefficient (Wildman–Crippen LogP) is 2.39. The number of hydrazone groups is 1. The third-order valence-electron chi connectivity index (χ3n) is 2.69. The van der Waals surface area contributed by atoms with Crippen LogP contribution < -0.4 is 15.5 Å². The van der Waals surface area contributed by atoms with Crippen LogP contribution in [0.15, 0.2) is 23.3 Å². The van der Waals surface area contributed by atoms with Crippen LogP contribution in [-0.2, 0) is 0 Å². The van der Waals surface area contributed by atoms with E-state index in [1.165, 1.54) is 26.2 Å². The molecule has 0 amide bonds. The van der Waals surface area contributed by atoms with Gasteiger partial charge in [-0.3, -0.25) is 5.43 Å². The minimum atomic E-state index is 0.0578.